The molecule has 2 fully saturated rings. The molecule has 0 unspecified atom stereocenters. The van der Waals surface area contributed by atoms with Gasteiger partial charge >= 0.3 is 0 Å². The monoisotopic (exact) mass is 362 g/mol. The van der Waals surface area contributed by atoms with Crippen molar-refractivity contribution in [3.63, 3.8) is 0 Å². The maximum absolute atomic E-state index is 12.3. The molecule has 3 N–H and O–H groups in total. The Balaban J connectivity index is 1.35. The van der Waals surface area contributed by atoms with Gasteiger partial charge in [0.15, 0.2) is 0 Å². The van der Waals surface area contributed by atoms with Gasteiger partial charge in [-0.15, -0.1) is 0 Å². The molecule has 3 heterocycles. The number of hydrogen-bond donors (Lipinski definition) is 2. The molecule has 9 heteroatoms. The fourth-order valence-electron chi connectivity index (χ4n) is 3.25. The van der Waals surface area contributed by atoms with Gasteiger partial charge in [-0.25, -0.2) is 9.97 Å². The number of carbonyl (C=O) groups excluding carboxylic acids is 2. The number of nitrogens with zero attached hydrogens (tertiary/aromatic N) is 4. The van der Waals surface area contributed by atoms with Crippen molar-refractivity contribution in [2.24, 2.45) is 5.73 Å². The lowest BCUT2D eigenvalue weighted by molar-refractivity contribution is -0.133. The normalized spacial score (nSPS) is 23.1. The number of nitrogens with two attached hydrogens (primary N) is 1. The summed E-state index contributed by atoms with van der Waals surface area (Å²) in [5, 5.41) is 2.79. The first-order valence-corrected chi connectivity index (χ1v) is 9.10. The number of carbonyl (C=O) groups is 2. The highest BCUT2D eigenvalue weighted by atomic mass is 16.5. The van der Waals surface area contributed by atoms with Gasteiger partial charge in [-0.05, 0) is 18.9 Å². The van der Waals surface area contributed by atoms with Crippen molar-refractivity contribution in [1.82, 2.24) is 20.2 Å². The minimum absolute atomic E-state index is 0.0303. The third-order valence-corrected chi connectivity index (χ3v) is 4.77. The molecule has 2 saturated heterocycles. The number of rotatable bonds is 6. The molecule has 2 aliphatic heterocycles. The quantitative estimate of drug-likeness (QED) is 0.677. The van der Waals surface area contributed by atoms with Crippen LogP contribution in [0.5, 0.6) is 0 Å². The predicted octanol–water partition coefficient (Wildman–Crippen LogP) is -0.862. The number of ether oxygens (including phenoxy) is 1. The van der Waals surface area contributed by atoms with Crippen LogP contribution in [0, 0.1) is 0 Å². The number of piperazine rings is 1. The summed E-state index contributed by atoms with van der Waals surface area (Å²) >= 11 is 0. The molecule has 0 bridgehead atoms. The molecule has 0 spiro atoms. The van der Waals surface area contributed by atoms with Gasteiger partial charge in [0.1, 0.15) is 6.10 Å². The lowest BCUT2D eigenvalue weighted by Gasteiger charge is -2.34. The molecule has 3 rings (SSSR count). The van der Waals surface area contributed by atoms with E-state index in [4.69, 9.17) is 10.5 Å². The topological polar surface area (TPSA) is 114 Å². The van der Waals surface area contributed by atoms with Crippen LogP contribution in [0.2, 0.25) is 0 Å². The van der Waals surface area contributed by atoms with Crippen LogP contribution in [0.25, 0.3) is 0 Å². The largest absolute Gasteiger partial charge is 0.364 e. The van der Waals surface area contributed by atoms with Gasteiger partial charge in [0, 0.05) is 58.1 Å². The Morgan fingerprint density at radius 3 is 2.58 bits per heavy atom. The van der Waals surface area contributed by atoms with Crippen molar-refractivity contribution in [1.29, 1.82) is 0 Å². The summed E-state index contributed by atoms with van der Waals surface area (Å²) in [6.07, 6.45) is 4.75. The molecule has 2 amide bonds. The number of amides is 2. The van der Waals surface area contributed by atoms with Crippen molar-refractivity contribution >= 4 is 17.8 Å². The van der Waals surface area contributed by atoms with Crippen LogP contribution < -0.4 is 16.0 Å². The first-order valence-electron chi connectivity index (χ1n) is 9.10. The molecule has 26 heavy (non-hydrogen) atoms. The van der Waals surface area contributed by atoms with Gasteiger partial charge in [-0.1, -0.05) is 0 Å². The average Bonchev–Trinajstić information content (AvgIpc) is 3.18. The third-order valence-electron chi connectivity index (χ3n) is 4.77. The highest BCUT2D eigenvalue weighted by Crippen LogP contribution is 2.18. The Labute approximate surface area is 152 Å². The van der Waals surface area contributed by atoms with Crippen LogP contribution in [0.1, 0.15) is 19.3 Å². The van der Waals surface area contributed by atoms with E-state index in [1.54, 1.807) is 18.5 Å². The van der Waals surface area contributed by atoms with Crippen molar-refractivity contribution in [3.8, 4) is 0 Å². The van der Waals surface area contributed by atoms with Crippen LogP contribution in [-0.2, 0) is 14.3 Å². The van der Waals surface area contributed by atoms with E-state index in [1.165, 1.54) is 0 Å². The standard InChI is InChI=1S/C17H26N6O3/c18-12-13-2-3-14(26-13)16(25)19-7-4-15(24)22-8-10-23(11-9-22)17-20-5-1-6-21-17/h1,5-6,13-14H,2-4,7-12,18H2,(H,19,25)/t13-,14+/m1/s1. The van der Waals surface area contributed by atoms with E-state index in [9.17, 15) is 9.59 Å². The van der Waals surface area contributed by atoms with E-state index >= 15 is 0 Å². The second-order valence-electron chi connectivity index (χ2n) is 6.52. The predicted molar refractivity (Wildman–Crippen MR) is 95.4 cm³/mol. The molecular formula is C17H26N6O3. The van der Waals surface area contributed by atoms with Gasteiger partial charge < -0.3 is 25.6 Å². The van der Waals surface area contributed by atoms with E-state index in [0.717, 1.165) is 6.42 Å². The highest BCUT2D eigenvalue weighted by Gasteiger charge is 2.29. The fourth-order valence-corrected chi connectivity index (χ4v) is 3.25. The number of anilines is 1. The summed E-state index contributed by atoms with van der Waals surface area (Å²) in [6.45, 7) is 3.44. The van der Waals surface area contributed by atoms with Gasteiger partial charge in [-0.3, -0.25) is 9.59 Å². The summed E-state index contributed by atoms with van der Waals surface area (Å²) in [5.74, 6) is 0.588. The van der Waals surface area contributed by atoms with Crippen LogP contribution in [-0.4, -0.2) is 78.2 Å². The fraction of sp³-hybridized carbons (Fsp3) is 0.647. The van der Waals surface area contributed by atoms with Crippen LogP contribution in [0.4, 0.5) is 5.95 Å². The third kappa shape index (κ3) is 4.67. The summed E-state index contributed by atoms with van der Waals surface area (Å²) < 4.78 is 5.55. The van der Waals surface area contributed by atoms with Crippen molar-refractivity contribution in [2.45, 2.75) is 31.5 Å². The van der Waals surface area contributed by atoms with Crippen molar-refractivity contribution < 1.29 is 14.3 Å². The van der Waals surface area contributed by atoms with Gasteiger partial charge in [0.25, 0.3) is 0 Å². The average molecular weight is 362 g/mol. The second-order valence-corrected chi connectivity index (χ2v) is 6.52. The van der Waals surface area contributed by atoms with Gasteiger partial charge in [0.2, 0.25) is 17.8 Å². The van der Waals surface area contributed by atoms with E-state index in [-0.39, 0.29) is 17.9 Å². The lowest BCUT2D eigenvalue weighted by Crippen LogP contribution is -2.49. The molecule has 2 aliphatic rings. The zero-order valence-corrected chi connectivity index (χ0v) is 14.8. The first kappa shape index (κ1) is 18.5. The molecular weight excluding hydrogens is 336 g/mol. The zero-order valence-electron chi connectivity index (χ0n) is 14.8. The molecule has 1 aromatic rings. The Morgan fingerprint density at radius 2 is 1.92 bits per heavy atom. The molecule has 0 radical (unpaired) electrons. The summed E-state index contributed by atoms with van der Waals surface area (Å²) in [5.41, 5.74) is 5.55. The number of hydrogen-bond acceptors (Lipinski definition) is 7. The first-order chi connectivity index (χ1) is 12.7. The Morgan fingerprint density at radius 1 is 1.19 bits per heavy atom. The summed E-state index contributed by atoms with van der Waals surface area (Å²) in [7, 11) is 0. The molecule has 142 valence electrons. The summed E-state index contributed by atoms with van der Waals surface area (Å²) in [6, 6.07) is 1.78. The lowest BCUT2D eigenvalue weighted by atomic mass is 10.2. The Kier molecular flexibility index (Phi) is 6.35. The molecule has 2 atom stereocenters. The van der Waals surface area contributed by atoms with E-state index in [0.29, 0.717) is 58.1 Å². The second kappa shape index (κ2) is 8.91. The maximum atomic E-state index is 12.3. The smallest absolute Gasteiger partial charge is 0.249 e. The number of nitrogens with one attached hydrogen (secondary N) is 1. The maximum Gasteiger partial charge on any atom is 0.249 e. The van der Waals surface area contributed by atoms with Crippen molar-refractivity contribution in [3.05, 3.63) is 18.5 Å². The summed E-state index contributed by atoms with van der Waals surface area (Å²) in [4.78, 5) is 36.7. The van der Waals surface area contributed by atoms with E-state index in [1.807, 2.05) is 4.90 Å². The van der Waals surface area contributed by atoms with E-state index in [2.05, 4.69) is 20.2 Å². The van der Waals surface area contributed by atoms with Crippen molar-refractivity contribution in [2.75, 3.05) is 44.2 Å². The Bertz CT molecular complexity index is 606. The zero-order chi connectivity index (χ0) is 18.4. The molecule has 0 aromatic carbocycles. The molecule has 9 nitrogen and oxygen atoms in total. The van der Waals surface area contributed by atoms with Crippen LogP contribution >= 0.6 is 0 Å². The Hall–Kier alpha value is -2.26. The molecule has 0 aliphatic carbocycles. The minimum Gasteiger partial charge on any atom is -0.364 e. The van der Waals surface area contributed by atoms with Crippen LogP contribution in [0.3, 0.4) is 0 Å². The van der Waals surface area contributed by atoms with E-state index < -0.39 is 6.10 Å². The van der Waals surface area contributed by atoms with Gasteiger partial charge in [-0.2, -0.15) is 0 Å². The highest BCUT2D eigenvalue weighted by molar-refractivity contribution is 5.82. The SMILES string of the molecule is NC[C@H]1CC[C@@H](C(=O)NCCC(=O)N2CCN(c3ncccn3)CC2)O1. The molecule has 0 saturated carbocycles. The number of aromatic nitrogens is 2. The molecule has 1 aromatic heterocycles. The minimum atomic E-state index is -0.437. The van der Waals surface area contributed by atoms with Gasteiger partial charge in [0.05, 0.1) is 6.10 Å². The van der Waals surface area contributed by atoms with Crippen LogP contribution in [0.15, 0.2) is 18.5 Å².